The zero-order chi connectivity index (χ0) is 14.5. The molecular formula is C14H16ClN3OS. The molecule has 0 saturated heterocycles. The fourth-order valence-electron chi connectivity index (χ4n) is 1.70. The van der Waals surface area contributed by atoms with Crippen LogP contribution in [0.25, 0.3) is 0 Å². The Morgan fingerprint density at radius 2 is 2.05 bits per heavy atom. The fourth-order valence-corrected chi connectivity index (χ4v) is 2.72. The lowest BCUT2D eigenvalue weighted by Crippen LogP contribution is -2.22. The standard InChI is InChI=1S/C14H16ClN3OS/c1-2-17-14(19)13-11(16)7-12(20-13)18-8-9-3-5-10(15)6-4-9/h3-7,18H,2,8,16H2,1H3,(H,17,19). The van der Waals surface area contributed by atoms with Crippen LogP contribution >= 0.6 is 22.9 Å². The molecule has 20 heavy (non-hydrogen) atoms. The highest BCUT2D eigenvalue weighted by molar-refractivity contribution is 7.18. The number of carbonyl (C=O) groups excluding carboxylic acids is 1. The van der Waals surface area contributed by atoms with Crippen LogP contribution in [-0.4, -0.2) is 12.5 Å². The molecule has 0 aliphatic heterocycles. The van der Waals surface area contributed by atoms with Gasteiger partial charge in [0.25, 0.3) is 5.91 Å². The number of rotatable bonds is 5. The second-order valence-corrected chi connectivity index (χ2v) is 5.72. The van der Waals surface area contributed by atoms with E-state index < -0.39 is 0 Å². The number of hydrogen-bond acceptors (Lipinski definition) is 4. The molecule has 0 bridgehead atoms. The van der Waals surface area contributed by atoms with Gasteiger partial charge in [-0.2, -0.15) is 0 Å². The second-order valence-electron chi connectivity index (χ2n) is 4.23. The molecule has 1 aromatic carbocycles. The number of halogens is 1. The van der Waals surface area contributed by atoms with Gasteiger partial charge in [0.05, 0.1) is 10.7 Å². The van der Waals surface area contributed by atoms with Crippen molar-refractivity contribution in [3.63, 3.8) is 0 Å². The van der Waals surface area contributed by atoms with Crippen molar-refractivity contribution in [2.24, 2.45) is 0 Å². The van der Waals surface area contributed by atoms with Gasteiger partial charge in [-0.3, -0.25) is 4.79 Å². The largest absolute Gasteiger partial charge is 0.397 e. The van der Waals surface area contributed by atoms with Gasteiger partial charge < -0.3 is 16.4 Å². The SMILES string of the molecule is CCNC(=O)c1sc(NCc2ccc(Cl)cc2)cc1N. The van der Waals surface area contributed by atoms with Gasteiger partial charge in [-0.1, -0.05) is 23.7 Å². The summed E-state index contributed by atoms with van der Waals surface area (Å²) in [5.74, 6) is -0.130. The summed E-state index contributed by atoms with van der Waals surface area (Å²) in [5, 5.41) is 7.59. The van der Waals surface area contributed by atoms with E-state index in [0.29, 0.717) is 28.7 Å². The van der Waals surface area contributed by atoms with Crippen molar-refractivity contribution in [2.45, 2.75) is 13.5 Å². The molecule has 1 heterocycles. The van der Waals surface area contributed by atoms with E-state index in [2.05, 4.69) is 10.6 Å². The topological polar surface area (TPSA) is 67.2 Å². The van der Waals surface area contributed by atoms with E-state index in [1.807, 2.05) is 31.2 Å². The first-order chi connectivity index (χ1) is 9.60. The first-order valence-electron chi connectivity index (χ1n) is 6.26. The van der Waals surface area contributed by atoms with Crippen molar-refractivity contribution >= 4 is 39.5 Å². The lowest BCUT2D eigenvalue weighted by atomic mass is 10.2. The highest BCUT2D eigenvalue weighted by Gasteiger charge is 2.13. The van der Waals surface area contributed by atoms with Crippen molar-refractivity contribution in [2.75, 3.05) is 17.6 Å². The number of nitrogens with one attached hydrogen (secondary N) is 2. The zero-order valence-corrected chi connectivity index (χ0v) is 12.6. The maximum absolute atomic E-state index is 11.8. The number of nitrogens with two attached hydrogens (primary N) is 1. The van der Waals surface area contributed by atoms with Gasteiger partial charge in [-0.25, -0.2) is 0 Å². The van der Waals surface area contributed by atoms with E-state index in [0.717, 1.165) is 10.6 Å². The maximum Gasteiger partial charge on any atom is 0.263 e. The molecule has 2 aromatic rings. The molecule has 0 atom stereocenters. The average Bonchev–Trinajstić information content (AvgIpc) is 2.80. The summed E-state index contributed by atoms with van der Waals surface area (Å²) in [7, 11) is 0. The van der Waals surface area contributed by atoms with E-state index >= 15 is 0 Å². The molecule has 2 rings (SSSR count). The molecular weight excluding hydrogens is 294 g/mol. The van der Waals surface area contributed by atoms with Crippen molar-refractivity contribution in [1.29, 1.82) is 0 Å². The van der Waals surface area contributed by atoms with Crippen molar-refractivity contribution in [3.05, 3.63) is 45.8 Å². The molecule has 106 valence electrons. The molecule has 6 heteroatoms. The number of carbonyl (C=O) groups is 1. The van der Waals surface area contributed by atoms with Gasteiger partial charge in [0, 0.05) is 18.1 Å². The second kappa shape index (κ2) is 6.63. The Balaban J connectivity index is 2.01. The van der Waals surface area contributed by atoms with Crippen LogP contribution in [0.15, 0.2) is 30.3 Å². The number of benzene rings is 1. The molecule has 4 nitrogen and oxygen atoms in total. The van der Waals surface area contributed by atoms with E-state index in [9.17, 15) is 4.79 Å². The van der Waals surface area contributed by atoms with Crippen LogP contribution in [0.3, 0.4) is 0 Å². The fraction of sp³-hybridized carbons (Fsp3) is 0.214. The Morgan fingerprint density at radius 1 is 1.35 bits per heavy atom. The maximum atomic E-state index is 11.8. The van der Waals surface area contributed by atoms with E-state index in [1.165, 1.54) is 11.3 Å². The van der Waals surface area contributed by atoms with E-state index in [1.54, 1.807) is 6.07 Å². The van der Waals surface area contributed by atoms with Crippen molar-refractivity contribution in [1.82, 2.24) is 5.32 Å². The summed E-state index contributed by atoms with van der Waals surface area (Å²) < 4.78 is 0. The third kappa shape index (κ3) is 3.65. The van der Waals surface area contributed by atoms with E-state index in [-0.39, 0.29) is 5.91 Å². The first-order valence-corrected chi connectivity index (χ1v) is 7.45. The summed E-state index contributed by atoms with van der Waals surface area (Å²) in [4.78, 5) is 12.3. The van der Waals surface area contributed by atoms with Crippen molar-refractivity contribution < 1.29 is 4.79 Å². The molecule has 0 aliphatic carbocycles. The summed E-state index contributed by atoms with van der Waals surface area (Å²) in [6.45, 7) is 3.12. The smallest absolute Gasteiger partial charge is 0.263 e. The lowest BCUT2D eigenvalue weighted by Gasteiger charge is -2.03. The Labute approximate surface area is 126 Å². The van der Waals surface area contributed by atoms with Crippen LogP contribution in [0.2, 0.25) is 5.02 Å². The lowest BCUT2D eigenvalue weighted by molar-refractivity contribution is 0.0960. The molecule has 0 spiro atoms. The summed E-state index contributed by atoms with van der Waals surface area (Å²) in [6, 6.07) is 9.39. The Bertz CT molecular complexity index is 595. The minimum absolute atomic E-state index is 0.130. The minimum atomic E-state index is -0.130. The van der Waals surface area contributed by atoms with Gasteiger partial charge in [-0.15, -0.1) is 11.3 Å². The zero-order valence-electron chi connectivity index (χ0n) is 11.1. The molecule has 0 aliphatic rings. The first kappa shape index (κ1) is 14.7. The predicted molar refractivity (Wildman–Crippen MR) is 85.5 cm³/mol. The van der Waals surface area contributed by atoms with Gasteiger partial charge in [0.2, 0.25) is 0 Å². The number of thiophene rings is 1. The van der Waals surface area contributed by atoms with Gasteiger partial charge >= 0.3 is 0 Å². The third-order valence-electron chi connectivity index (χ3n) is 2.68. The highest BCUT2D eigenvalue weighted by Crippen LogP contribution is 2.29. The van der Waals surface area contributed by atoms with E-state index in [4.69, 9.17) is 17.3 Å². The van der Waals surface area contributed by atoms with Crippen LogP contribution < -0.4 is 16.4 Å². The quantitative estimate of drug-likeness (QED) is 0.793. The third-order valence-corrected chi connectivity index (χ3v) is 4.04. The molecule has 0 fully saturated rings. The Kier molecular flexibility index (Phi) is 4.87. The molecule has 0 unspecified atom stereocenters. The van der Waals surface area contributed by atoms with Crippen LogP contribution in [0.1, 0.15) is 22.2 Å². The minimum Gasteiger partial charge on any atom is -0.397 e. The van der Waals surface area contributed by atoms with Gasteiger partial charge in [0.1, 0.15) is 4.88 Å². The number of nitrogen functional groups attached to an aromatic ring is 1. The molecule has 0 radical (unpaired) electrons. The Morgan fingerprint density at radius 3 is 2.70 bits per heavy atom. The average molecular weight is 310 g/mol. The monoisotopic (exact) mass is 309 g/mol. The van der Waals surface area contributed by atoms with Crippen LogP contribution in [0.5, 0.6) is 0 Å². The van der Waals surface area contributed by atoms with Crippen LogP contribution in [-0.2, 0) is 6.54 Å². The molecule has 1 amide bonds. The highest BCUT2D eigenvalue weighted by atomic mass is 35.5. The molecule has 0 saturated carbocycles. The summed E-state index contributed by atoms with van der Waals surface area (Å²) in [6.07, 6.45) is 0. The molecule has 1 aromatic heterocycles. The van der Waals surface area contributed by atoms with Crippen molar-refractivity contribution in [3.8, 4) is 0 Å². The number of amides is 1. The van der Waals surface area contributed by atoms with Gasteiger partial charge in [-0.05, 0) is 30.7 Å². The summed E-state index contributed by atoms with van der Waals surface area (Å²) >= 11 is 7.19. The van der Waals surface area contributed by atoms with Gasteiger partial charge in [0.15, 0.2) is 0 Å². The number of hydrogen-bond donors (Lipinski definition) is 3. The number of anilines is 2. The Hall–Kier alpha value is -1.72. The predicted octanol–water partition coefficient (Wildman–Crippen LogP) is 3.35. The van der Waals surface area contributed by atoms with Crippen LogP contribution in [0.4, 0.5) is 10.7 Å². The van der Waals surface area contributed by atoms with Crippen LogP contribution in [0, 0.1) is 0 Å². The summed E-state index contributed by atoms with van der Waals surface area (Å²) in [5.41, 5.74) is 7.47. The molecule has 4 N–H and O–H groups in total. The normalized spacial score (nSPS) is 10.3.